The predicted molar refractivity (Wildman–Crippen MR) is 43.4 cm³/mol. The predicted octanol–water partition coefficient (Wildman–Crippen LogP) is -2.67. The van der Waals surface area contributed by atoms with Gasteiger partial charge in [-0.2, -0.15) is 4.90 Å². The molecule has 0 radical (unpaired) electrons. The fourth-order valence-corrected chi connectivity index (χ4v) is 0.950. The number of rotatable bonds is 1. The minimum atomic E-state index is -2.22. The van der Waals surface area contributed by atoms with Gasteiger partial charge in [-0.15, -0.1) is 0 Å². The van der Waals surface area contributed by atoms with Crippen LogP contribution in [0.15, 0.2) is 23.8 Å². The van der Waals surface area contributed by atoms with Crippen LogP contribution < -0.4 is 10.8 Å². The SMILES string of the molecule is N[C@@]1(O)C=CC(=[N+]([O-])[O-])C=C1C(=O)[O-]. The van der Waals surface area contributed by atoms with E-state index < -0.39 is 27.9 Å². The molecule has 0 aromatic carbocycles. The number of carboxylic acid groups (broad SMARTS) is 1. The van der Waals surface area contributed by atoms with E-state index in [9.17, 15) is 25.4 Å². The van der Waals surface area contributed by atoms with Gasteiger partial charge in [0.15, 0.2) is 5.72 Å². The number of carboxylic acids is 1. The monoisotopic (exact) mass is 198 g/mol. The van der Waals surface area contributed by atoms with Crippen molar-refractivity contribution >= 4 is 11.7 Å². The lowest BCUT2D eigenvalue weighted by Gasteiger charge is -2.26. The lowest BCUT2D eigenvalue weighted by molar-refractivity contribution is -0.377. The average Bonchev–Trinajstić information content (AvgIpc) is 2.02. The van der Waals surface area contributed by atoms with Crippen LogP contribution in [0.2, 0.25) is 0 Å². The van der Waals surface area contributed by atoms with Gasteiger partial charge in [0, 0.05) is 17.7 Å². The molecule has 1 atom stereocenters. The highest BCUT2D eigenvalue weighted by Gasteiger charge is 2.29. The number of nitrogens with zero attached hydrogens (tertiary/aromatic N) is 1. The Morgan fingerprint density at radius 1 is 1.57 bits per heavy atom. The molecule has 0 saturated carbocycles. The summed E-state index contributed by atoms with van der Waals surface area (Å²) in [7, 11) is 0. The minimum Gasteiger partial charge on any atom is -0.612 e. The van der Waals surface area contributed by atoms with Gasteiger partial charge in [-0.3, -0.25) is 5.73 Å². The van der Waals surface area contributed by atoms with Crippen LogP contribution in [0.5, 0.6) is 0 Å². The molecule has 1 rings (SSSR count). The molecule has 0 unspecified atom stereocenters. The Hall–Kier alpha value is -1.86. The van der Waals surface area contributed by atoms with E-state index in [1.54, 1.807) is 0 Å². The van der Waals surface area contributed by atoms with E-state index in [0.717, 1.165) is 12.2 Å². The lowest BCUT2D eigenvalue weighted by Crippen LogP contribution is -2.48. The fraction of sp³-hybridized carbons (Fsp3) is 0.143. The molecule has 7 nitrogen and oxygen atoms in total. The van der Waals surface area contributed by atoms with Crippen LogP contribution in [-0.2, 0) is 4.79 Å². The molecule has 0 bridgehead atoms. The second kappa shape index (κ2) is 3.13. The van der Waals surface area contributed by atoms with Crippen molar-refractivity contribution in [2.45, 2.75) is 5.72 Å². The second-order valence-electron chi connectivity index (χ2n) is 2.69. The molecule has 0 spiro atoms. The molecule has 76 valence electrons. The number of nitrogens with two attached hydrogens (primary N) is 1. The van der Waals surface area contributed by atoms with Gasteiger partial charge in [0.25, 0.3) is 0 Å². The normalized spacial score (nSPS) is 25.9. The van der Waals surface area contributed by atoms with Crippen molar-refractivity contribution in [2.75, 3.05) is 0 Å². The number of aliphatic hydroxyl groups is 1. The smallest absolute Gasteiger partial charge is 0.223 e. The number of allylic oxidation sites excluding steroid dienone is 2. The number of hydrogen-bond donors (Lipinski definition) is 2. The summed E-state index contributed by atoms with van der Waals surface area (Å²) in [5.74, 6) is -1.75. The van der Waals surface area contributed by atoms with E-state index in [1.807, 2.05) is 0 Å². The molecule has 0 saturated heterocycles. The summed E-state index contributed by atoms with van der Waals surface area (Å²) in [6, 6.07) is 0. The summed E-state index contributed by atoms with van der Waals surface area (Å²) >= 11 is 0. The van der Waals surface area contributed by atoms with E-state index in [2.05, 4.69) is 0 Å². The molecular weight excluding hydrogens is 192 g/mol. The molecule has 0 aliphatic heterocycles. The maximum Gasteiger partial charge on any atom is 0.223 e. The van der Waals surface area contributed by atoms with Gasteiger partial charge in [0.05, 0.1) is 5.97 Å². The number of hydrogen-bond acceptors (Lipinski definition) is 6. The van der Waals surface area contributed by atoms with Crippen molar-refractivity contribution in [1.82, 2.24) is 0 Å². The topological polar surface area (TPSA) is 136 Å². The van der Waals surface area contributed by atoms with Crippen LogP contribution in [0.3, 0.4) is 0 Å². The van der Waals surface area contributed by atoms with Crippen LogP contribution >= 0.6 is 0 Å². The van der Waals surface area contributed by atoms with Crippen molar-refractivity contribution in [2.24, 2.45) is 5.73 Å². The van der Waals surface area contributed by atoms with Gasteiger partial charge >= 0.3 is 0 Å². The largest absolute Gasteiger partial charge is 0.612 e. The Morgan fingerprint density at radius 3 is 2.57 bits per heavy atom. The van der Waals surface area contributed by atoms with Crippen LogP contribution in [0.25, 0.3) is 0 Å². The van der Waals surface area contributed by atoms with Crippen LogP contribution in [0.4, 0.5) is 0 Å². The molecule has 0 fully saturated rings. The van der Waals surface area contributed by atoms with E-state index in [-0.39, 0.29) is 0 Å². The third-order valence-electron chi connectivity index (χ3n) is 1.66. The van der Waals surface area contributed by atoms with Gasteiger partial charge in [-0.05, 0) is 6.08 Å². The van der Waals surface area contributed by atoms with Crippen molar-refractivity contribution in [3.05, 3.63) is 34.2 Å². The fourth-order valence-electron chi connectivity index (χ4n) is 0.950. The summed E-state index contributed by atoms with van der Waals surface area (Å²) in [4.78, 5) is 9.65. The molecule has 0 aromatic rings. The third-order valence-corrected chi connectivity index (χ3v) is 1.66. The highest BCUT2D eigenvalue weighted by Crippen LogP contribution is 2.16. The first-order valence-electron chi connectivity index (χ1n) is 3.50. The second-order valence-corrected chi connectivity index (χ2v) is 2.69. The summed E-state index contributed by atoms with van der Waals surface area (Å²) in [6.07, 6.45) is 2.40. The van der Waals surface area contributed by atoms with Crippen LogP contribution in [0.1, 0.15) is 0 Å². The summed E-state index contributed by atoms with van der Waals surface area (Å²) in [5, 5.41) is 40.3. The maximum absolute atomic E-state index is 10.4. The highest BCUT2D eigenvalue weighted by atomic mass is 16.8. The Kier molecular flexibility index (Phi) is 2.28. The zero-order chi connectivity index (χ0) is 10.9. The van der Waals surface area contributed by atoms with Crippen molar-refractivity contribution < 1.29 is 19.9 Å². The summed E-state index contributed by atoms with van der Waals surface area (Å²) < 4.78 is 0. The van der Waals surface area contributed by atoms with E-state index in [0.29, 0.717) is 6.08 Å². The molecule has 0 aromatic heterocycles. The summed E-state index contributed by atoms with van der Waals surface area (Å²) in [5.41, 5.74) is 1.69. The number of aliphatic carboxylic acids is 1. The van der Waals surface area contributed by atoms with E-state index >= 15 is 0 Å². The molecule has 14 heavy (non-hydrogen) atoms. The standard InChI is InChI=1S/C7H7N2O5/c8-7(12)2-1-4(9(13)14)3-5(7)6(10)11/h1-3,12H,8H2,(H-,10,11,13,14)/q-1/p-1/t7-/m1/s1. The van der Waals surface area contributed by atoms with Crippen molar-refractivity contribution in [1.29, 1.82) is 0 Å². The quantitative estimate of drug-likeness (QED) is 0.268. The number of carbonyl (C=O) groups is 1. The van der Waals surface area contributed by atoms with Crippen molar-refractivity contribution in [3.63, 3.8) is 0 Å². The highest BCUT2D eigenvalue weighted by molar-refractivity contribution is 6.07. The zero-order valence-corrected chi connectivity index (χ0v) is 6.84. The molecule has 0 amide bonds. The minimum absolute atomic E-state index is 0.473. The van der Waals surface area contributed by atoms with Crippen molar-refractivity contribution in [3.8, 4) is 0 Å². The van der Waals surface area contributed by atoms with Gasteiger partial charge in [0.1, 0.15) is 0 Å². The Bertz CT molecular complexity index is 362. The third kappa shape index (κ3) is 1.73. The van der Waals surface area contributed by atoms with Crippen LogP contribution in [0, 0.1) is 10.4 Å². The Morgan fingerprint density at radius 2 is 2.14 bits per heavy atom. The molecule has 1 aliphatic carbocycles. The Labute approximate surface area is 78.2 Å². The van der Waals surface area contributed by atoms with E-state index in [4.69, 9.17) is 5.73 Å². The van der Waals surface area contributed by atoms with Gasteiger partial charge in [0.2, 0.25) is 5.71 Å². The van der Waals surface area contributed by atoms with E-state index in [1.165, 1.54) is 0 Å². The van der Waals surface area contributed by atoms with Crippen LogP contribution in [-0.4, -0.2) is 27.4 Å². The van der Waals surface area contributed by atoms with Gasteiger partial charge in [-0.1, -0.05) is 0 Å². The average molecular weight is 198 g/mol. The van der Waals surface area contributed by atoms with Gasteiger partial charge in [-0.25, -0.2) is 0 Å². The molecule has 1 aliphatic rings. The summed E-state index contributed by atoms with van der Waals surface area (Å²) in [6.45, 7) is 0. The maximum atomic E-state index is 10.4. The first kappa shape index (κ1) is 10.2. The first-order valence-corrected chi connectivity index (χ1v) is 3.50. The molecular formula is C7H6N2O5-2. The number of carbonyl (C=O) groups excluding carboxylic acids is 1. The van der Waals surface area contributed by atoms with Gasteiger partial charge < -0.3 is 25.4 Å². The molecule has 0 heterocycles. The molecule has 7 heteroatoms. The first-order chi connectivity index (χ1) is 6.34. The lowest BCUT2D eigenvalue weighted by atomic mass is 9.96. The Balaban J connectivity index is 3.22. The molecule has 3 N–H and O–H groups in total. The zero-order valence-electron chi connectivity index (χ0n) is 6.84.